The molecule has 4 rings (SSSR count). The zero-order valence-electron chi connectivity index (χ0n) is 17.7. The molecule has 3 aromatic carbocycles. The predicted octanol–water partition coefficient (Wildman–Crippen LogP) is 5.32. The minimum atomic E-state index is -0.761. The fraction of sp³-hybridized carbons (Fsp3) is 0.115. The van der Waals surface area contributed by atoms with Gasteiger partial charge in [-0.2, -0.15) is 0 Å². The van der Waals surface area contributed by atoms with Gasteiger partial charge in [-0.25, -0.2) is 9.69 Å². The van der Waals surface area contributed by atoms with Crippen molar-refractivity contribution >= 4 is 45.5 Å². The zero-order valence-corrected chi connectivity index (χ0v) is 19.3. The van der Waals surface area contributed by atoms with Gasteiger partial charge in [0, 0.05) is 4.47 Å². The molecule has 4 amide bonds. The molecule has 1 saturated heterocycles. The second kappa shape index (κ2) is 8.93. The first kappa shape index (κ1) is 21.7. The number of amides is 4. The third-order valence-electron chi connectivity index (χ3n) is 5.17. The molecule has 1 aliphatic heterocycles. The Bertz CT molecular complexity index is 1220. The summed E-state index contributed by atoms with van der Waals surface area (Å²) >= 11 is 3.33. The highest BCUT2D eigenvalue weighted by Gasteiger charge is 2.36. The number of nitrogens with one attached hydrogen (secondary N) is 1. The van der Waals surface area contributed by atoms with E-state index in [1.165, 1.54) is 22.8 Å². The highest BCUT2D eigenvalue weighted by molar-refractivity contribution is 9.10. The van der Waals surface area contributed by atoms with Crippen LogP contribution in [0.25, 0.3) is 6.08 Å². The maximum atomic E-state index is 13.0. The quantitative estimate of drug-likeness (QED) is 0.399. The summed E-state index contributed by atoms with van der Waals surface area (Å²) in [5.41, 5.74) is 5.83. The summed E-state index contributed by atoms with van der Waals surface area (Å²) in [6, 6.07) is 20.1. The number of rotatable bonds is 4. The van der Waals surface area contributed by atoms with Gasteiger partial charge in [-0.3, -0.25) is 14.9 Å². The van der Waals surface area contributed by atoms with Crippen LogP contribution in [0.3, 0.4) is 0 Å². The van der Waals surface area contributed by atoms with Crippen LogP contribution in [-0.2, 0) is 16.0 Å². The Morgan fingerprint density at radius 1 is 0.844 bits per heavy atom. The van der Waals surface area contributed by atoms with E-state index in [1.807, 2.05) is 24.3 Å². The van der Waals surface area contributed by atoms with Gasteiger partial charge in [-0.1, -0.05) is 69.5 Å². The molecule has 5 nitrogen and oxygen atoms in total. The lowest BCUT2D eigenvalue weighted by atomic mass is 9.99. The van der Waals surface area contributed by atoms with Crippen molar-refractivity contribution in [1.82, 2.24) is 5.32 Å². The lowest BCUT2D eigenvalue weighted by Crippen LogP contribution is -2.54. The monoisotopic (exact) mass is 488 g/mol. The van der Waals surface area contributed by atoms with Crippen molar-refractivity contribution in [1.29, 1.82) is 0 Å². The van der Waals surface area contributed by atoms with Gasteiger partial charge in [-0.05, 0) is 67.3 Å². The summed E-state index contributed by atoms with van der Waals surface area (Å²) < 4.78 is 0.818. The smallest absolute Gasteiger partial charge is 0.273 e. The number of carbonyl (C=O) groups excluding carboxylic acids is 3. The van der Waals surface area contributed by atoms with Crippen LogP contribution < -0.4 is 10.2 Å². The Morgan fingerprint density at radius 3 is 2.09 bits per heavy atom. The zero-order chi connectivity index (χ0) is 22.8. The number of benzene rings is 3. The molecule has 0 radical (unpaired) electrons. The Labute approximate surface area is 194 Å². The van der Waals surface area contributed by atoms with E-state index in [2.05, 4.69) is 53.3 Å². The second-order valence-corrected chi connectivity index (χ2v) is 8.76. The molecule has 1 N–H and O–H groups in total. The van der Waals surface area contributed by atoms with Crippen molar-refractivity contribution in [3.63, 3.8) is 0 Å². The standard InChI is InChI=1S/C26H21BrN2O3/c1-16-11-17(2)13-20(12-16)14-18-3-5-19(6-4-18)15-23-24(30)28-26(32)29(25(23)31)22-9-7-21(27)8-10-22/h3-13,15H,14H2,1-2H3,(H,28,30,32)/b23-15+. The van der Waals surface area contributed by atoms with Crippen LogP contribution in [0.1, 0.15) is 27.8 Å². The molecule has 1 aliphatic rings. The van der Waals surface area contributed by atoms with E-state index < -0.39 is 17.8 Å². The van der Waals surface area contributed by atoms with Gasteiger partial charge < -0.3 is 0 Å². The van der Waals surface area contributed by atoms with Gasteiger partial charge in [0.2, 0.25) is 0 Å². The van der Waals surface area contributed by atoms with Crippen LogP contribution in [0, 0.1) is 13.8 Å². The summed E-state index contributed by atoms with van der Waals surface area (Å²) in [5, 5.41) is 2.25. The van der Waals surface area contributed by atoms with Crippen molar-refractivity contribution in [3.8, 4) is 0 Å². The normalized spacial score (nSPS) is 15.3. The van der Waals surface area contributed by atoms with Crippen LogP contribution in [0.4, 0.5) is 10.5 Å². The number of carbonyl (C=O) groups is 3. The summed E-state index contributed by atoms with van der Waals surface area (Å²) in [6.07, 6.45) is 2.31. The van der Waals surface area contributed by atoms with E-state index in [0.717, 1.165) is 21.4 Å². The van der Waals surface area contributed by atoms with Crippen LogP contribution in [-0.4, -0.2) is 17.8 Å². The third-order valence-corrected chi connectivity index (χ3v) is 5.70. The van der Waals surface area contributed by atoms with Crippen LogP contribution in [0.2, 0.25) is 0 Å². The maximum Gasteiger partial charge on any atom is 0.335 e. The number of barbiturate groups is 1. The van der Waals surface area contributed by atoms with Crippen molar-refractivity contribution in [3.05, 3.63) is 105 Å². The molecule has 0 aliphatic carbocycles. The van der Waals surface area contributed by atoms with Crippen LogP contribution >= 0.6 is 15.9 Å². The highest BCUT2D eigenvalue weighted by Crippen LogP contribution is 2.24. The second-order valence-electron chi connectivity index (χ2n) is 7.85. The molecule has 1 heterocycles. The van der Waals surface area contributed by atoms with Gasteiger partial charge in [0.1, 0.15) is 5.57 Å². The number of hydrogen-bond donors (Lipinski definition) is 1. The summed E-state index contributed by atoms with van der Waals surface area (Å²) in [5.74, 6) is -1.35. The first-order chi connectivity index (χ1) is 15.3. The molecule has 1 fully saturated rings. The number of nitrogens with zero attached hydrogens (tertiary/aromatic N) is 1. The summed E-state index contributed by atoms with van der Waals surface area (Å²) in [7, 11) is 0. The van der Waals surface area contributed by atoms with Crippen LogP contribution in [0.15, 0.2) is 76.8 Å². The maximum absolute atomic E-state index is 13.0. The molecule has 0 spiro atoms. The molecular weight excluding hydrogens is 468 g/mol. The number of urea groups is 1. The highest BCUT2D eigenvalue weighted by atomic mass is 79.9. The third kappa shape index (κ3) is 4.70. The topological polar surface area (TPSA) is 66.5 Å². The van der Waals surface area contributed by atoms with Gasteiger partial charge >= 0.3 is 6.03 Å². The molecule has 0 aromatic heterocycles. The number of hydrogen-bond acceptors (Lipinski definition) is 3. The lowest BCUT2D eigenvalue weighted by Gasteiger charge is -2.26. The Hall–Kier alpha value is -3.51. The molecule has 0 unspecified atom stereocenters. The van der Waals surface area contributed by atoms with Crippen LogP contribution in [0.5, 0.6) is 0 Å². The van der Waals surface area contributed by atoms with Gasteiger partial charge in [-0.15, -0.1) is 0 Å². The van der Waals surface area contributed by atoms with Crippen molar-refractivity contribution in [2.45, 2.75) is 20.3 Å². The van der Waals surface area contributed by atoms with Crippen molar-refractivity contribution < 1.29 is 14.4 Å². The van der Waals surface area contributed by atoms with Gasteiger partial charge in [0.15, 0.2) is 0 Å². The van der Waals surface area contributed by atoms with Gasteiger partial charge in [0.05, 0.1) is 5.69 Å². The predicted molar refractivity (Wildman–Crippen MR) is 128 cm³/mol. The molecule has 0 saturated carbocycles. The molecule has 160 valence electrons. The molecule has 32 heavy (non-hydrogen) atoms. The van der Waals surface area contributed by atoms with Crippen molar-refractivity contribution in [2.24, 2.45) is 0 Å². The first-order valence-corrected chi connectivity index (χ1v) is 10.9. The number of halogens is 1. The average Bonchev–Trinajstić information content (AvgIpc) is 2.73. The summed E-state index contributed by atoms with van der Waals surface area (Å²) in [6.45, 7) is 4.17. The SMILES string of the molecule is Cc1cc(C)cc(Cc2ccc(/C=C3\C(=O)NC(=O)N(c4ccc(Br)cc4)C3=O)cc2)c1. The lowest BCUT2D eigenvalue weighted by molar-refractivity contribution is -0.122. The van der Waals surface area contributed by atoms with Gasteiger partial charge in [0.25, 0.3) is 11.8 Å². The number of aryl methyl sites for hydroxylation is 2. The van der Waals surface area contributed by atoms with E-state index in [1.54, 1.807) is 24.3 Å². The minimum Gasteiger partial charge on any atom is -0.273 e. The minimum absolute atomic E-state index is 0.0884. The van der Waals surface area contributed by atoms with E-state index in [0.29, 0.717) is 11.3 Å². The number of anilines is 1. The number of imide groups is 2. The van der Waals surface area contributed by atoms with E-state index in [-0.39, 0.29) is 5.57 Å². The molecule has 6 heteroatoms. The van der Waals surface area contributed by atoms with Crippen molar-refractivity contribution in [2.75, 3.05) is 4.90 Å². The molecule has 3 aromatic rings. The summed E-state index contributed by atoms with van der Waals surface area (Å²) in [4.78, 5) is 38.6. The fourth-order valence-corrected chi connectivity index (χ4v) is 4.05. The Kier molecular flexibility index (Phi) is 6.06. The Morgan fingerprint density at radius 2 is 1.47 bits per heavy atom. The molecule has 0 atom stereocenters. The van der Waals surface area contributed by atoms with E-state index >= 15 is 0 Å². The van der Waals surface area contributed by atoms with E-state index in [9.17, 15) is 14.4 Å². The molecular formula is C26H21BrN2O3. The Balaban J connectivity index is 1.57. The first-order valence-electron chi connectivity index (χ1n) is 10.1. The van der Waals surface area contributed by atoms with E-state index in [4.69, 9.17) is 0 Å². The molecule has 0 bridgehead atoms. The largest absolute Gasteiger partial charge is 0.335 e. The fourth-order valence-electron chi connectivity index (χ4n) is 3.79. The average molecular weight is 489 g/mol.